The maximum Gasteiger partial charge on any atom is 0.295 e. The fraction of sp³-hybridized carbons (Fsp3) is 0.323. The number of amides is 1. The molecule has 3 aromatic rings. The van der Waals surface area contributed by atoms with Crippen LogP contribution in [0.3, 0.4) is 0 Å². The maximum atomic E-state index is 13.7. The van der Waals surface area contributed by atoms with E-state index in [-0.39, 0.29) is 5.57 Å². The summed E-state index contributed by atoms with van der Waals surface area (Å²) in [6.07, 6.45) is 3.95. The molecule has 2 aromatic carbocycles. The molecule has 0 saturated carbocycles. The van der Waals surface area contributed by atoms with Gasteiger partial charge in [-0.1, -0.05) is 42.2 Å². The Morgan fingerprint density at radius 2 is 1.77 bits per heavy atom. The monoisotopic (exact) mass is 527 g/mol. The van der Waals surface area contributed by atoms with Gasteiger partial charge in [-0.2, -0.15) is 0 Å². The van der Waals surface area contributed by atoms with Crippen LogP contribution in [0, 0.1) is 6.92 Å². The predicted octanol–water partition coefficient (Wildman–Crippen LogP) is 1.50. The molecule has 2 saturated heterocycles. The maximum absolute atomic E-state index is 13.7. The summed E-state index contributed by atoms with van der Waals surface area (Å²) in [5, 5.41) is 13.7. The summed E-state index contributed by atoms with van der Waals surface area (Å²) < 4.78 is 11.3. The Morgan fingerprint density at radius 3 is 2.49 bits per heavy atom. The summed E-state index contributed by atoms with van der Waals surface area (Å²) in [6.45, 7) is 7.04. The van der Waals surface area contributed by atoms with Crippen LogP contribution in [0.15, 0.2) is 78.6 Å². The lowest BCUT2D eigenvalue weighted by atomic mass is 9.96. The van der Waals surface area contributed by atoms with E-state index in [1.807, 2.05) is 31.2 Å². The molecule has 2 aliphatic heterocycles. The first-order chi connectivity index (χ1) is 19.0. The number of aromatic nitrogens is 1. The predicted molar refractivity (Wildman–Crippen MR) is 144 cm³/mol. The third-order valence-electron chi connectivity index (χ3n) is 7.45. The number of rotatable bonds is 9. The molecule has 1 atom stereocenters. The molecule has 0 bridgehead atoms. The van der Waals surface area contributed by atoms with Crippen LogP contribution in [0.5, 0.6) is 5.75 Å². The minimum absolute atomic E-state index is 0.0153. The molecule has 1 amide bonds. The number of hydrogen-bond donors (Lipinski definition) is 1. The molecule has 0 radical (unpaired) electrons. The van der Waals surface area contributed by atoms with Crippen molar-refractivity contribution in [2.75, 3.05) is 39.4 Å². The van der Waals surface area contributed by atoms with E-state index in [0.717, 1.165) is 50.4 Å². The van der Waals surface area contributed by atoms with Gasteiger partial charge < -0.3 is 24.4 Å². The number of aryl methyl sites for hydroxylation is 1. The smallest absolute Gasteiger partial charge is 0.295 e. The lowest BCUT2D eigenvalue weighted by Crippen LogP contribution is -3.14. The molecule has 202 valence electrons. The van der Waals surface area contributed by atoms with Gasteiger partial charge in [0.25, 0.3) is 5.91 Å². The Hall–Kier alpha value is -4.01. The van der Waals surface area contributed by atoms with E-state index in [1.165, 1.54) is 4.90 Å². The number of likely N-dealkylation sites (tertiary alicyclic amines) is 1. The molecule has 8 heteroatoms. The highest BCUT2D eigenvalue weighted by Gasteiger charge is 2.44. The molecular formula is C31H33N3O5. The lowest BCUT2D eigenvalue weighted by molar-refractivity contribution is -0.908. The largest absolute Gasteiger partial charge is 0.872 e. The molecule has 2 fully saturated rings. The molecule has 3 heterocycles. The highest BCUT2D eigenvalue weighted by atomic mass is 16.5. The van der Waals surface area contributed by atoms with E-state index < -0.39 is 23.5 Å². The minimum Gasteiger partial charge on any atom is -0.872 e. The lowest BCUT2D eigenvalue weighted by Gasteiger charge is -2.28. The van der Waals surface area contributed by atoms with Gasteiger partial charge in [0.15, 0.2) is 0 Å². The quantitative estimate of drug-likeness (QED) is 0.257. The number of ketones is 1. The van der Waals surface area contributed by atoms with Crippen LogP contribution in [0.25, 0.3) is 5.76 Å². The van der Waals surface area contributed by atoms with Gasteiger partial charge in [0.05, 0.1) is 25.8 Å². The van der Waals surface area contributed by atoms with E-state index in [9.17, 15) is 14.7 Å². The van der Waals surface area contributed by atoms with Crippen molar-refractivity contribution < 1.29 is 29.1 Å². The fourth-order valence-corrected chi connectivity index (χ4v) is 5.19. The number of nitrogens with zero attached hydrogens (tertiary/aromatic N) is 2. The average molecular weight is 528 g/mol. The summed E-state index contributed by atoms with van der Waals surface area (Å²) in [6, 6.07) is 17.5. The molecule has 2 aliphatic rings. The topological polar surface area (TPSA) is 96.2 Å². The normalized spacial score (nSPS) is 19.4. The van der Waals surface area contributed by atoms with E-state index in [1.54, 1.807) is 53.7 Å². The van der Waals surface area contributed by atoms with E-state index in [4.69, 9.17) is 9.47 Å². The number of ether oxygens (including phenoxy) is 2. The van der Waals surface area contributed by atoms with Gasteiger partial charge in [-0.05, 0) is 53.4 Å². The molecule has 8 nitrogen and oxygen atoms in total. The van der Waals surface area contributed by atoms with Crippen molar-refractivity contribution >= 4 is 17.4 Å². The van der Waals surface area contributed by atoms with Crippen molar-refractivity contribution in [1.82, 2.24) is 9.88 Å². The summed E-state index contributed by atoms with van der Waals surface area (Å²) in [7, 11) is 0. The third-order valence-corrected chi connectivity index (χ3v) is 7.45. The van der Waals surface area contributed by atoms with Crippen LogP contribution in [0.4, 0.5) is 0 Å². The van der Waals surface area contributed by atoms with Crippen molar-refractivity contribution in [2.24, 2.45) is 0 Å². The second-order valence-electron chi connectivity index (χ2n) is 9.96. The van der Waals surface area contributed by atoms with Gasteiger partial charge in [0.2, 0.25) is 5.78 Å². The van der Waals surface area contributed by atoms with Crippen molar-refractivity contribution in [2.45, 2.75) is 26.0 Å². The van der Waals surface area contributed by atoms with Crippen LogP contribution < -0.4 is 14.7 Å². The number of pyridine rings is 1. The van der Waals surface area contributed by atoms with Crippen molar-refractivity contribution in [1.29, 1.82) is 0 Å². The molecule has 0 aliphatic carbocycles. The number of morpholine rings is 1. The van der Waals surface area contributed by atoms with Crippen LogP contribution in [0.1, 0.15) is 34.7 Å². The molecule has 0 spiro atoms. The van der Waals surface area contributed by atoms with Gasteiger partial charge in [-0.15, -0.1) is 0 Å². The Bertz CT molecular complexity index is 1330. The standard InChI is InChI=1S/C31H33N3O5/c1-22-5-2-3-6-25(22)21-39-26-9-7-24(8-10-26)29(35)27-28(23-11-13-32-14-12-23)34(31(37)30(27)36)16-4-15-33-17-19-38-20-18-33/h2-3,5-14,28,35H,4,15-21H2,1H3/b29-27+. The number of carbonyl (C=O) groups is 2. The Labute approximate surface area is 228 Å². The van der Waals surface area contributed by atoms with Gasteiger partial charge in [-0.3, -0.25) is 14.6 Å². The zero-order valence-corrected chi connectivity index (χ0v) is 22.1. The number of hydrogen-bond acceptors (Lipinski definition) is 6. The van der Waals surface area contributed by atoms with Crippen LogP contribution in [-0.2, 0) is 20.9 Å². The zero-order valence-electron chi connectivity index (χ0n) is 22.1. The molecule has 5 rings (SSSR count). The second-order valence-corrected chi connectivity index (χ2v) is 9.96. The third kappa shape index (κ3) is 6.02. The fourth-order valence-electron chi connectivity index (χ4n) is 5.19. The number of benzene rings is 2. The SMILES string of the molecule is Cc1ccccc1COc1ccc(/C([O-])=C2\C(=O)C(=O)N(CCC[NH+]3CCOCC3)C2c2ccncc2)cc1. The van der Waals surface area contributed by atoms with Gasteiger partial charge >= 0.3 is 0 Å². The summed E-state index contributed by atoms with van der Waals surface area (Å²) in [4.78, 5) is 33.4. The Balaban J connectivity index is 1.36. The Morgan fingerprint density at radius 1 is 1.05 bits per heavy atom. The van der Waals surface area contributed by atoms with E-state index >= 15 is 0 Å². The second kappa shape index (κ2) is 12.2. The van der Waals surface area contributed by atoms with E-state index in [0.29, 0.717) is 30.0 Å². The first-order valence-corrected chi connectivity index (χ1v) is 13.4. The van der Waals surface area contributed by atoms with Gasteiger partial charge in [0.1, 0.15) is 25.4 Å². The first-order valence-electron chi connectivity index (χ1n) is 13.4. The summed E-state index contributed by atoms with van der Waals surface area (Å²) >= 11 is 0. The van der Waals surface area contributed by atoms with Crippen molar-refractivity contribution in [3.63, 3.8) is 0 Å². The minimum atomic E-state index is -0.739. The molecule has 39 heavy (non-hydrogen) atoms. The highest BCUT2D eigenvalue weighted by molar-refractivity contribution is 6.46. The van der Waals surface area contributed by atoms with Crippen molar-refractivity contribution in [3.05, 3.63) is 101 Å². The molecule has 1 N–H and O–H groups in total. The van der Waals surface area contributed by atoms with Gasteiger partial charge in [-0.25, -0.2) is 0 Å². The number of carbonyl (C=O) groups excluding carboxylic acids is 2. The summed E-state index contributed by atoms with van der Waals surface area (Å²) in [5.41, 5.74) is 3.25. The zero-order chi connectivity index (χ0) is 27.2. The van der Waals surface area contributed by atoms with Crippen molar-refractivity contribution in [3.8, 4) is 5.75 Å². The van der Waals surface area contributed by atoms with Crippen LogP contribution in [-0.4, -0.2) is 61.0 Å². The number of quaternary nitrogens is 1. The van der Waals surface area contributed by atoms with Gasteiger partial charge in [0, 0.05) is 30.9 Å². The average Bonchev–Trinajstić information content (AvgIpc) is 3.23. The number of Topliss-reactive ketones (excluding diaryl/α,β-unsaturated/α-hetero) is 1. The molecular weight excluding hydrogens is 494 g/mol. The van der Waals surface area contributed by atoms with E-state index in [2.05, 4.69) is 4.98 Å². The first kappa shape index (κ1) is 26.6. The number of nitrogens with one attached hydrogen (secondary N) is 1. The molecule has 1 unspecified atom stereocenters. The molecule has 1 aromatic heterocycles. The van der Waals surface area contributed by atoms with Crippen LogP contribution in [0.2, 0.25) is 0 Å². The van der Waals surface area contributed by atoms with Crippen LogP contribution >= 0.6 is 0 Å². The summed E-state index contributed by atoms with van der Waals surface area (Å²) in [5.74, 6) is -1.19. The Kier molecular flexibility index (Phi) is 8.34. The highest BCUT2D eigenvalue weighted by Crippen LogP contribution is 2.38.